The Bertz CT molecular complexity index is 521. The molecule has 1 amide bonds. The predicted octanol–water partition coefficient (Wildman–Crippen LogP) is 4.24. The van der Waals surface area contributed by atoms with Crippen molar-refractivity contribution in [2.45, 2.75) is 46.6 Å². The van der Waals surface area contributed by atoms with Crippen molar-refractivity contribution in [2.75, 3.05) is 0 Å². The molecule has 0 heterocycles. The third-order valence-corrected chi connectivity index (χ3v) is 3.15. The second kappa shape index (κ2) is 5.72. The van der Waals surface area contributed by atoms with Crippen LogP contribution in [0.1, 0.15) is 51.4 Å². The van der Waals surface area contributed by atoms with Gasteiger partial charge in [0.15, 0.2) is 11.6 Å². The van der Waals surface area contributed by atoms with Gasteiger partial charge in [-0.25, -0.2) is 4.39 Å². The number of halogens is 2. The van der Waals surface area contributed by atoms with Crippen LogP contribution in [0.15, 0.2) is 16.6 Å². The number of amides is 1. The molecule has 0 bridgehead atoms. The van der Waals surface area contributed by atoms with Crippen molar-refractivity contribution in [1.82, 2.24) is 5.32 Å². The van der Waals surface area contributed by atoms with Crippen molar-refractivity contribution in [2.24, 2.45) is 5.41 Å². The van der Waals surface area contributed by atoms with Crippen LogP contribution in [0, 0.1) is 11.2 Å². The Morgan fingerprint density at radius 3 is 2.35 bits per heavy atom. The minimum atomic E-state index is -0.821. The summed E-state index contributed by atoms with van der Waals surface area (Å²) >= 11 is 3.11. The van der Waals surface area contributed by atoms with Crippen LogP contribution >= 0.6 is 15.9 Å². The number of nitrogens with one attached hydrogen (secondary N) is 1. The highest BCUT2D eigenvalue weighted by Crippen LogP contribution is 2.29. The quantitative estimate of drug-likeness (QED) is 0.860. The Morgan fingerprint density at radius 1 is 1.30 bits per heavy atom. The maximum Gasteiger partial charge on any atom is 0.255 e. The van der Waals surface area contributed by atoms with E-state index in [1.54, 1.807) is 0 Å². The molecule has 0 saturated carbocycles. The van der Waals surface area contributed by atoms with Gasteiger partial charge in [0.2, 0.25) is 0 Å². The minimum Gasteiger partial charge on any atom is -0.504 e. The van der Waals surface area contributed by atoms with E-state index in [1.165, 1.54) is 6.07 Å². The number of hydrogen-bond donors (Lipinski definition) is 2. The monoisotopic (exact) mass is 345 g/mol. The summed E-state index contributed by atoms with van der Waals surface area (Å²) in [4.78, 5) is 12.2. The first-order valence-electron chi connectivity index (χ1n) is 6.42. The average molecular weight is 346 g/mol. The topological polar surface area (TPSA) is 49.3 Å². The van der Waals surface area contributed by atoms with Gasteiger partial charge in [0.25, 0.3) is 5.91 Å². The van der Waals surface area contributed by atoms with E-state index in [0.717, 1.165) is 12.5 Å². The summed E-state index contributed by atoms with van der Waals surface area (Å²) < 4.78 is 13.9. The number of phenolic OH excluding ortho intramolecular Hbond substituents is 1. The average Bonchev–Trinajstić information content (AvgIpc) is 2.18. The van der Waals surface area contributed by atoms with Crippen molar-refractivity contribution < 1.29 is 14.3 Å². The van der Waals surface area contributed by atoms with Crippen molar-refractivity contribution in [3.63, 3.8) is 0 Å². The molecule has 1 aromatic carbocycles. The molecule has 2 N–H and O–H groups in total. The van der Waals surface area contributed by atoms with Crippen molar-refractivity contribution >= 4 is 21.8 Å². The number of carbonyl (C=O) groups is 1. The van der Waals surface area contributed by atoms with Crippen LogP contribution in [0.25, 0.3) is 0 Å². The van der Waals surface area contributed by atoms with Crippen molar-refractivity contribution in [3.05, 3.63) is 28.0 Å². The predicted molar refractivity (Wildman–Crippen MR) is 81.4 cm³/mol. The fraction of sp³-hybridized carbons (Fsp3) is 0.533. The van der Waals surface area contributed by atoms with Crippen LogP contribution in [0.2, 0.25) is 0 Å². The van der Waals surface area contributed by atoms with E-state index in [-0.39, 0.29) is 11.0 Å². The van der Waals surface area contributed by atoms with Crippen molar-refractivity contribution in [1.29, 1.82) is 0 Å². The molecule has 0 atom stereocenters. The summed E-state index contributed by atoms with van der Waals surface area (Å²) in [6.07, 6.45) is 0.753. The maximum atomic E-state index is 13.4. The fourth-order valence-electron chi connectivity index (χ4n) is 2.48. The van der Waals surface area contributed by atoms with E-state index in [2.05, 4.69) is 42.0 Å². The van der Waals surface area contributed by atoms with Gasteiger partial charge < -0.3 is 10.4 Å². The summed E-state index contributed by atoms with van der Waals surface area (Å²) in [5.74, 6) is -1.94. The lowest BCUT2D eigenvalue weighted by molar-refractivity contribution is 0.0888. The Kier molecular flexibility index (Phi) is 4.85. The van der Waals surface area contributed by atoms with Gasteiger partial charge >= 0.3 is 0 Å². The number of hydrogen-bond acceptors (Lipinski definition) is 2. The van der Waals surface area contributed by atoms with E-state index in [0.29, 0.717) is 4.47 Å². The second-order valence-corrected chi connectivity index (χ2v) is 7.77. The largest absolute Gasteiger partial charge is 0.504 e. The highest BCUT2D eigenvalue weighted by atomic mass is 79.9. The van der Waals surface area contributed by atoms with Gasteiger partial charge in [-0.1, -0.05) is 36.7 Å². The first-order valence-corrected chi connectivity index (χ1v) is 7.21. The molecule has 0 fully saturated rings. The lowest BCUT2D eigenvalue weighted by Crippen LogP contribution is -2.45. The Labute approximate surface area is 127 Å². The molecule has 0 aliphatic carbocycles. The number of phenols is 1. The molecule has 0 saturated heterocycles. The molecule has 1 rings (SSSR count). The zero-order chi connectivity index (χ0) is 15.7. The Balaban J connectivity index is 2.97. The molecule has 0 aromatic heterocycles. The second-order valence-electron chi connectivity index (χ2n) is 6.86. The molecule has 0 aliphatic heterocycles. The summed E-state index contributed by atoms with van der Waals surface area (Å²) in [5.41, 5.74) is -0.485. The SMILES string of the molecule is CC(C)(C)CC(C)(C)NC(=O)c1cc(Br)cc(F)c1O. The molecule has 0 unspecified atom stereocenters. The van der Waals surface area contributed by atoms with Gasteiger partial charge in [-0.05, 0) is 37.8 Å². The van der Waals surface area contributed by atoms with Crippen LogP contribution < -0.4 is 5.32 Å². The molecule has 0 radical (unpaired) electrons. The lowest BCUT2D eigenvalue weighted by Gasteiger charge is -2.33. The van der Waals surface area contributed by atoms with Crippen LogP contribution in [0.4, 0.5) is 4.39 Å². The maximum absolute atomic E-state index is 13.4. The third-order valence-electron chi connectivity index (χ3n) is 2.70. The van der Waals surface area contributed by atoms with E-state index < -0.39 is 23.0 Å². The smallest absolute Gasteiger partial charge is 0.255 e. The highest BCUT2D eigenvalue weighted by molar-refractivity contribution is 9.10. The van der Waals surface area contributed by atoms with Crippen LogP contribution in [0.3, 0.4) is 0 Å². The van der Waals surface area contributed by atoms with E-state index in [1.807, 2.05) is 13.8 Å². The van der Waals surface area contributed by atoms with Crippen molar-refractivity contribution in [3.8, 4) is 5.75 Å². The zero-order valence-corrected chi connectivity index (χ0v) is 14.1. The minimum absolute atomic E-state index is 0.0430. The molecule has 20 heavy (non-hydrogen) atoms. The van der Waals surface area contributed by atoms with Gasteiger partial charge in [0.1, 0.15) is 0 Å². The van der Waals surface area contributed by atoms with Gasteiger partial charge in [-0.15, -0.1) is 0 Å². The molecule has 1 aromatic rings. The Morgan fingerprint density at radius 2 is 1.85 bits per heavy atom. The molecular weight excluding hydrogens is 325 g/mol. The molecule has 0 aliphatic rings. The van der Waals surface area contributed by atoms with Crippen LogP contribution in [-0.2, 0) is 0 Å². The number of rotatable bonds is 3. The standard InChI is InChI=1S/C15H21BrFNO2/c1-14(2,3)8-15(4,5)18-13(20)10-6-9(16)7-11(17)12(10)19/h6-7,19H,8H2,1-5H3,(H,18,20). The molecule has 3 nitrogen and oxygen atoms in total. The highest BCUT2D eigenvalue weighted by Gasteiger charge is 2.28. The molecular formula is C15H21BrFNO2. The lowest BCUT2D eigenvalue weighted by atomic mass is 9.81. The van der Waals surface area contributed by atoms with Gasteiger partial charge in [-0.2, -0.15) is 0 Å². The third kappa shape index (κ3) is 4.78. The summed E-state index contributed by atoms with van der Waals surface area (Å²) in [6.45, 7) is 10.1. The first-order chi connectivity index (χ1) is 8.91. The fourth-order valence-corrected chi connectivity index (χ4v) is 2.91. The normalized spacial score (nSPS) is 12.3. The molecule has 112 valence electrons. The summed E-state index contributed by atoms with van der Waals surface area (Å²) in [5, 5.41) is 12.5. The van der Waals surface area contributed by atoms with Gasteiger partial charge in [-0.3, -0.25) is 4.79 Å². The summed E-state index contributed by atoms with van der Waals surface area (Å²) in [6, 6.07) is 2.52. The summed E-state index contributed by atoms with van der Waals surface area (Å²) in [7, 11) is 0. The van der Waals surface area contributed by atoms with Gasteiger partial charge in [0.05, 0.1) is 5.56 Å². The Hall–Kier alpha value is -1.10. The van der Waals surface area contributed by atoms with E-state index >= 15 is 0 Å². The zero-order valence-electron chi connectivity index (χ0n) is 12.5. The molecule has 5 heteroatoms. The van der Waals surface area contributed by atoms with E-state index in [4.69, 9.17) is 0 Å². The number of aromatic hydroxyl groups is 1. The van der Waals surface area contributed by atoms with Crippen LogP contribution in [-0.4, -0.2) is 16.6 Å². The molecule has 0 spiro atoms. The first kappa shape index (κ1) is 17.0. The number of benzene rings is 1. The van der Waals surface area contributed by atoms with E-state index in [9.17, 15) is 14.3 Å². The van der Waals surface area contributed by atoms with Gasteiger partial charge in [0, 0.05) is 10.0 Å². The number of carbonyl (C=O) groups excluding carboxylic acids is 1. The van der Waals surface area contributed by atoms with Crippen LogP contribution in [0.5, 0.6) is 5.75 Å².